The van der Waals surface area contributed by atoms with Crippen molar-refractivity contribution in [2.45, 2.75) is 11.8 Å². The highest BCUT2D eigenvalue weighted by Crippen LogP contribution is 2.27. The number of carbonyl (C=O) groups excluding carboxylic acids is 2. The van der Waals surface area contributed by atoms with E-state index >= 15 is 0 Å². The lowest BCUT2D eigenvalue weighted by molar-refractivity contribution is 0.0600. The number of esters is 1. The summed E-state index contributed by atoms with van der Waals surface area (Å²) in [5.74, 6) is -1.26. The van der Waals surface area contributed by atoms with Crippen molar-refractivity contribution in [2.24, 2.45) is 0 Å². The van der Waals surface area contributed by atoms with E-state index in [1.165, 1.54) is 43.5 Å². The molecule has 0 unspecified atom stereocenters. The third-order valence-corrected chi connectivity index (χ3v) is 6.58. The molecular weight excluding hydrogens is 475 g/mol. The first-order valence-corrected chi connectivity index (χ1v) is 11.4. The molecule has 2 N–H and O–H groups in total. The minimum atomic E-state index is -4.06. The zero-order chi connectivity index (χ0) is 23.5. The van der Waals surface area contributed by atoms with Gasteiger partial charge in [0.15, 0.2) is 0 Å². The van der Waals surface area contributed by atoms with E-state index in [9.17, 15) is 18.0 Å². The number of amides is 1. The van der Waals surface area contributed by atoms with Gasteiger partial charge in [-0.1, -0.05) is 35.3 Å². The molecule has 0 aromatic heterocycles. The number of nitrogens with one attached hydrogen (secondary N) is 2. The highest BCUT2D eigenvalue weighted by molar-refractivity contribution is 7.92. The summed E-state index contributed by atoms with van der Waals surface area (Å²) in [7, 11) is -2.84. The number of aryl methyl sites for hydroxylation is 1. The van der Waals surface area contributed by atoms with Crippen molar-refractivity contribution >= 4 is 56.5 Å². The Labute approximate surface area is 195 Å². The van der Waals surface area contributed by atoms with Crippen molar-refractivity contribution in [1.82, 2.24) is 0 Å². The molecule has 1 amide bonds. The summed E-state index contributed by atoms with van der Waals surface area (Å²) in [6.45, 7) is 1.83. The lowest BCUT2D eigenvalue weighted by atomic mass is 10.1. The quantitative estimate of drug-likeness (QED) is 0.463. The standard InChI is InChI=1S/C22H18Cl2N2O5S/c1-13-4-3-5-16(10-13)26-32(29,30)20-11-14(6-8-19(20)24)21(27)25-15-7-9-18(23)17(12-15)22(28)31-2/h3-12,26H,1-2H3,(H,25,27). The number of ether oxygens (including phenoxy) is 1. The van der Waals surface area contributed by atoms with Gasteiger partial charge in [0.05, 0.1) is 22.7 Å². The van der Waals surface area contributed by atoms with Gasteiger partial charge in [0.2, 0.25) is 0 Å². The molecule has 0 heterocycles. The number of benzene rings is 3. The summed E-state index contributed by atoms with van der Waals surface area (Å²) in [6, 6.07) is 15.0. The summed E-state index contributed by atoms with van der Waals surface area (Å²) in [5.41, 5.74) is 1.64. The second kappa shape index (κ2) is 9.60. The highest BCUT2D eigenvalue weighted by atomic mass is 35.5. The van der Waals surface area contributed by atoms with Crippen LogP contribution in [0.1, 0.15) is 26.3 Å². The first-order valence-electron chi connectivity index (χ1n) is 9.19. The van der Waals surface area contributed by atoms with Crippen molar-refractivity contribution in [3.63, 3.8) is 0 Å². The lowest BCUT2D eigenvalue weighted by Crippen LogP contribution is -2.17. The van der Waals surface area contributed by atoms with E-state index in [0.29, 0.717) is 5.69 Å². The largest absolute Gasteiger partial charge is 0.465 e. The van der Waals surface area contributed by atoms with E-state index in [1.807, 2.05) is 13.0 Å². The lowest BCUT2D eigenvalue weighted by Gasteiger charge is -2.12. The molecule has 0 aliphatic carbocycles. The number of anilines is 2. The fourth-order valence-corrected chi connectivity index (χ4v) is 4.61. The number of sulfonamides is 1. The molecule has 166 valence electrons. The van der Waals surface area contributed by atoms with Crippen molar-refractivity contribution < 1.29 is 22.7 Å². The van der Waals surface area contributed by atoms with Crippen LogP contribution in [0.15, 0.2) is 65.6 Å². The van der Waals surface area contributed by atoms with Crippen molar-refractivity contribution in [3.05, 3.63) is 87.4 Å². The summed E-state index contributed by atoms with van der Waals surface area (Å²) in [6.07, 6.45) is 0. The molecule has 0 radical (unpaired) electrons. The van der Waals surface area contributed by atoms with Gasteiger partial charge in [-0.3, -0.25) is 9.52 Å². The average Bonchev–Trinajstić information content (AvgIpc) is 2.74. The molecule has 0 atom stereocenters. The Morgan fingerprint density at radius 1 is 0.906 bits per heavy atom. The number of carbonyl (C=O) groups is 2. The van der Waals surface area contributed by atoms with Crippen LogP contribution in [0.5, 0.6) is 0 Å². The Morgan fingerprint density at radius 2 is 1.62 bits per heavy atom. The van der Waals surface area contributed by atoms with Crippen LogP contribution < -0.4 is 10.0 Å². The number of hydrogen-bond acceptors (Lipinski definition) is 5. The Morgan fingerprint density at radius 3 is 2.31 bits per heavy atom. The van der Waals surface area contributed by atoms with Crippen molar-refractivity contribution in [3.8, 4) is 0 Å². The third kappa shape index (κ3) is 5.40. The number of methoxy groups -OCH3 is 1. The maximum absolute atomic E-state index is 12.9. The SMILES string of the molecule is COC(=O)c1cc(NC(=O)c2ccc(Cl)c(S(=O)(=O)Nc3cccc(C)c3)c2)ccc1Cl. The molecular formula is C22H18Cl2N2O5S. The number of halogens is 2. The molecule has 10 heteroatoms. The molecule has 0 saturated carbocycles. The first kappa shape index (κ1) is 23.6. The van der Waals surface area contributed by atoms with E-state index in [4.69, 9.17) is 23.2 Å². The summed E-state index contributed by atoms with van der Waals surface area (Å²) in [4.78, 5) is 24.3. The second-order valence-corrected chi connectivity index (χ2v) is 9.23. The van der Waals surface area contributed by atoms with Crippen molar-refractivity contribution in [1.29, 1.82) is 0 Å². The van der Waals surface area contributed by atoms with Gasteiger partial charge in [0, 0.05) is 16.9 Å². The van der Waals surface area contributed by atoms with E-state index < -0.39 is 21.9 Å². The van der Waals surface area contributed by atoms with E-state index in [1.54, 1.807) is 18.2 Å². The fourth-order valence-electron chi connectivity index (χ4n) is 2.84. The monoisotopic (exact) mass is 492 g/mol. The van der Waals surface area contributed by atoms with Gasteiger partial charge in [0.25, 0.3) is 15.9 Å². The van der Waals surface area contributed by atoms with Crippen LogP contribution in [-0.4, -0.2) is 27.4 Å². The van der Waals surface area contributed by atoms with Crippen LogP contribution in [0.2, 0.25) is 10.0 Å². The smallest absolute Gasteiger partial charge is 0.339 e. The molecule has 32 heavy (non-hydrogen) atoms. The minimum absolute atomic E-state index is 0.0406. The van der Waals surface area contributed by atoms with Crippen LogP contribution >= 0.6 is 23.2 Å². The van der Waals surface area contributed by atoms with Crippen molar-refractivity contribution in [2.75, 3.05) is 17.1 Å². The Balaban J connectivity index is 1.88. The molecule has 0 bridgehead atoms. The molecule has 0 saturated heterocycles. The van der Waals surface area contributed by atoms with Gasteiger partial charge in [-0.25, -0.2) is 13.2 Å². The molecule has 0 spiro atoms. The van der Waals surface area contributed by atoms with E-state index in [2.05, 4.69) is 14.8 Å². The maximum atomic E-state index is 12.9. The second-order valence-electron chi connectivity index (χ2n) is 6.76. The Bertz CT molecular complexity index is 1310. The zero-order valence-electron chi connectivity index (χ0n) is 17.0. The summed E-state index contributed by atoms with van der Waals surface area (Å²) < 4.78 is 32.8. The number of rotatable bonds is 6. The fraction of sp³-hybridized carbons (Fsp3) is 0.0909. The minimum Gasteiger partial charge on any atom is -0.465 e. The van der Waals surface area contributed by atoms with Gasteiger partial charge in [-0.2, -0.15) is 0 Å². The predicted octanol–water partition coefficient (Wildman–Crippen LogP) is 5.14. The van der Waals surface area contributed by atoms with Crippen LogP contribution in [0.3, 0.4) is 0 Å². The summed E-state index contributed by atoms with van der Waals surface area (Å²) >= 11 is 12.1. The Hall–Kier alpha value is -3.07. The molecule has 0 fully saturated rings. The molecule has 7 nitrogen and oxygen atoms in total. The van der Waals surface area contributed by atoms with Gasteiger partial charge in [0.1, 0.15) is 4.90 Å². The van der Waals surface area contributed by atoms with E-state index in [-0.39, 0.29) is 31.8 Å². The third-order valence-electron chi connectivity index (χ3n) is 4.38. The van der Waals surface area contributed by atoms with E-state index in [0.717, 1.165) is 5.56 Å². The molecule has 0 aliphatic rings. The molecule has 0 aliphatic heterocycles. The maximum Gasteiger partial charge on any atom is 0.339 e. The molecule has 3 aromatic carbocycles. The Kier molecular flexibility index (Phi) is 7.08. The van der Waals surface area contributed by atoms with Crippen LogP contribution in [-0.2, 0) is 14.8 Å². The van der Waals surface area contributed by atoms with Crippen LogP contribution in [0.4, 0.5) is 11.4 Å². The first-order chi connectivity index (χ1) is 15.1. The topological polar surface area (TPSA) is 102 Å². The number of hydrogen-bond donors (Lipinski definition) is 2. The van der Waals surface area contributed by atoms with Crippen LogP contribution in [0.25, 0.3) is 0 Å². The molecule has 3 aromatic rings. The highest BCUT2D eigenvalue weighted by Gasteiger charge is 2.21. The van der Waals surface area contributed by atoms with Gasteiger partial charge < -0.3 is 10.1 Å². The van der Waals surface area contributed by atoms with Gasteiger partial charge >= 0.3 is 5.97 Å². The van der Waals surface area contributed by atoms with Gasteiger partial charge in [-0.05, 0) is 61.0 Å². The predicted molar refractivity (Wildman–Crippen MR) is 124 cm³/mol. The average molecular weight is 493 g/mol. The zero-order valence-corrected chi connectivity index (χ0v) is 19.3. The summed E-state index contributed by atoms with van der Waals surface area (Å²) in [5, 5.41) is 2.72. The normalized spacial score (nSPS) is 11.0. The van der Waals surface area contributed by atoms with Crippen LogP contribution in [0, 0.1) is 6.92 Å². The molecule has 3 rings (SSSR count). The van der Waals surface area contributed by atoms with Gasteiger partial charge in [-0.15, -0.1) is 0 Å².